The van der Waals surface area contributed by atoms with E-state index in [0.717, 1.165) is 17.4 Å². The molecule has 3 heterocycles. The molecule has 1 amide bonds. The zero-order chi connectivity index (χ0) is 29.5. The minimum Gasteiger partial charge on any atom is -0.503 e. The maximum atomic E-state index is 13.9. The Balaban J connectivity index is 1.23. The molecule has 0 radical (unpaired) electrons. The van der Waals surface area contributed by atoms with Gasteiger partial charge in [0.25, 0.3) is 5.91 Å². The van der Waals surface area contributed by atoms with E-state index in [-0.39, 0.29) is 11.3 Å². The van der Waals surface area contributed by atoms with Crippen molar-refractivity contribution in [2.75, 3.05) is 4.90 Å². The fourth-order valence-electron chi connectivity index (χ4n) is 5.43. The number of aryl methyl sites for hydroxylation is 1. The molecule has 0 saturated heterocycles. The molecule has 0 spiro atoms. The normalized spacial score (nSPS) is 15.2. The van der Waals surface area contributed by atoms with Crippen molar-refractivity contribution < 1.29 is 19.1 Å². The van der Waals surface area contributed by atoms with Crippen LogP contribution in [0.4, 0.5) is 5.13 Å². The third-order valence-corrected chi connectivity index (χ3v) is 9.74. The number of aromatic nitrogens is 2. The van der Waals surface area contributed by atoms with Crippen LogP contribution in [0.5, 0.6) is 0 Å². The first-order valence-electron chi connectivity index (χ1n) is 13.8. The van der Waals surface area contributed by atoms with Crippen molar-refractivity contribution in [3.8, 4) is 0 Å². The van der Waals surface area contributed by atoms with E-state index in [2.05, 4.69) is 41.4 Å². The largest absolute Gasteiger partial charge is 0.503 e. The first-order chi connectivity index (χ1) is 21.0. The molecule has 2 aromatic heterocycles. The van der Waals surface area contributed by atoms with Crippen LogP contribution < -0.4 is 4.90 Å². The highest BCUT2D eigenvalue weighted by molar-refractivity contribution is 8.00. The Morgan fingerprint density at radius 1 is 0.953 bits per heavy atom. The summed E-state index contributed by atoms with van der Waals surface area (Å²) >= 11 is 2.78. The van der Waals surface area contributed by atoms with Crippen molar-refractivity contribution in [1.82, 2.24) is 10.2 Å². The molecule has 1 N–H and O–H groups in total. The van der Waals surface area contributed by atoms with Crippen molar-refractivity contribution in [3.05, 3.63) is 131 Å². The van der Waals surface area contributed by atoms with Gasteiger partial charge in [-0.1, -0.05) is 115 Å². The Morgan fingerprint density at radius 2 is 1.70 bits per heavy atom. The zero-order valence-corrected chi connectivity index (χ0v) is 24.7. The second-order valence-electron chi connectivity index (χ2n) is 10.2. The van der Waals surface area contributed by atoms with Crippen molar-refractivity contribution >= 4 is 61.7 Å². The summed E-state index contributed by atoms with van der Waals surface area (Å²) in [5, 5.41) is 23.3. The standard InChI is InChI=1S/C34H25N3O4S2/c1-2-20-14-16-22(17-15-20)29-28(30(38)27-18-23-9-4-6-13-26(23)41-27)31(39)32(40)37(29)33-35-36-34(43-33)42-19-24-11-7-10-21-8-3-5-12-25(21)24/h3-18,29,39H,2,19H2,1H3. The fraction of sp³-hybridized carbons (Fsp3) is 0.118. The fourth-order valence-corrected chi connectivity index (χ4v) is 7.30. The molecular weight excluding hydrogens is 579 g/mol. The third-order valence-electron chi connectivity index (χ3n) is 7.64. The lowest BCUT2D eigenvalue weighted by atomic mass is 9.94. The van der Waals surface area contributed by atoms with Gasteiger partial charge in [-0.2, -0.15) is 0 Å². The molecule has 212 valence electrons. The third kappa shape index (κ3) is 4.90. The number of thioether (sulfide) groups is 1. The van der Waals surface area contributed by atoms with Gasteiger partial charge in [0.15, 0.2) is 15.9 Å². The molecule has 1 aliphatic rings. The van der Waals surface area contributed by atoms with Gasteiger partial charge in [-0.3, -0.25) is 14.5 Å². The summed E-state index contributed by atoms with van der Waals surface area (Å²) in [6.45, 7) is 2.06. The Morgan fingerprint density at radius 3 is 2.49 bits per heavy atom. The smallest absolute Gasteiger partial charge is 0.296 e. The quantitative estimate of drug-likeness (QED) is 0.107. The monoisotopic (exact) mass is 603 g/mol. The van der Waals surface area contributed by atoms with Gasteiger partial charge in [-0.25, -0.2) is 0 Å². The second kappa shape index (κ2) is 11.2. The molecule has 0 fully saturated rings. The van der Waals surface area contributed by atoms with E-state index in [4.69, 9.17) is 4.42 Å². The van der Waals surface area contributed by atoms with Gasteiger partial charge >= 0.3 is 0 Å². The Labute approximate surface area is 255 Å². The number of benzene rings is 4. The summed E-state index contributed by atoms with van der Waals surface area (Å²) in [7, 11) is 0. The summed E-state index contributed by atoms with van der Waals surface area (Å²) in [5.74, 6) is -1.15. The number of rotatable bonds is 8. The van der Waals surface area contributed by atoms with Gasteiger partial charge < -0.3 is 9.52 Å². The van der Waals surface area contributed by atoms with Crippen LogP contribution in [0.25, 0.3) is 21.7 Å². The molecule has 7 nitrogen and oxygen atoms in total. The molecule has 4 aromatic carbocycles. The number of fused-ring (bicyclic) bond motifs is 2. The molecule has 0 aliphatic carbocycles. The van der Waals surface area contributed by atoms with Crippen LogP contribution in [0, 0.1) is 0 Å². The van der Waals surface area contributed by atoms with E-state index in [1.54, 1.807) is 12.1 Å². The van der Waals surface area contributed by atoms with E-state index in [0.29, 0.717) is 26.4 Å². The number of carbonyl (C=O) groups excluding carboxylic acids is 2. The number of hydrogen-bond donors (Lipinski definition) is 1. The van der Waals surface area contributed by atoms with Crippen LogP contribution >= 0.6 is 23.1 Å². The SMILES string of the molecule is CCc1ccc(C2C(C(=O)c3cc4ccccc4o3)=C(O)C(=O)N2c2nnc(SCc3cccc4ccccc34)s2)cc1. The molecule has 6 aromatic rings. The van der Waals surface area contributed by atoms with E-state index >= 15 is 0 Å². The van der Waals surface area contributed by atoms with Crippen molar-refractivity contribution in [2.24, 2.45) is 0 Å². The van der Waals surface area contributed by atoms with Crippen molar-refractivity contribution in [3.63, 3.8) is 0 Å². The van der Waals surface area contributed by atoms with Crippen LogP contribution in [-0.2, 0) is 17.0 Å². The molecule has 0 bridgehead atoms. The summed E-state index contributed by atoms with van der Waals surface area (Å²) in [6, 6.07) is 30.1. The summed E-state index contributed by atoms with van der Waals surface area (Å²) < 4.78 is 6.52. The topological polar surface area (TPSA) is 96.5 Å². The Kier molecular flexibility index (Phi) is 7.04. The van der Waals surface area contributed by atoms with Crippen LogP contribution in [0.3, 0.4) is 0 Å². The van der Waals surface area contributed by atoms with Gasteiger partial charge in [0.05, 0.1) is 11.6 Å². The Bertz CT molecular complexity index is 2010. The minimum atomic E-state index is -0.900. The van der Waals surface area contributed by atoms with Crippen molar-refractivity contribution in [1.29, 1.82) is 0 Å². The lowest BCUT2D eigenvalue weighted by Gasteiger charge is -2.24. The Hall–Kier alpha value is -4.73. The number of aliphatic hydroxyl groups is 1. The highest BCUT2D eigenvalue weighted by Gasteiger charge is 2.46. The summed E-state index contributed by atoms with van der Waals surface area (Å²) in [4.78, 5) is 28.9. The minimum absolute atomic E-state index is 0.0477. The molecule has 0 saturated carbocycles. The molecular formula is C34H25N3O4S2. The van der Waals surface area contributed by atoms with Crippen LogP contribution in [0.1, 0.15) is 40.2 Å². The zero-order valence-electron chi connectivity index (χ0n) is 23.1. The maximum absolute atomic E-state index is 13.9. The summed E-state index contributed by atoms with van der Waals surface area (Å²) in [5.41, 5.74) is 3.46. The van der Waals surface area contributed by atoms with Gasteiger partial charge in [0.1, 0.15) is 5.58 Å². The molecule has 43 heavy (non-hydrogen) atoms. The number of Topliss-reactive ketones (excluding diaryl/α,β-unsaturated/α-hetero) is 1. The van der Waals surface area contributed by atoms with Gasteiger partial charge in [-0.05, 0) is 46.0 Å². The van der Waals surface area contributed by atoms with Gasteiger partial charge in [0.2, 0.25) is 10.9 Å². The average molecular weight is 604 g/mol. The number of amides is 1. The van der Waals surface area contributed by atoms with Gasteiger partial charge in [0, 0.05) is 11.1 Å². The molecule has 1 aliphatic heterocycles. The first-order valence-corrected chi connectivity index (χ1v) is 15.6. The van der Waals surface area contributed by atoms with E-state index in [1.807, 2.05) is 60.7 Å². The van der Waals surface area contributed by atoms with Crippen LogP contribution in [0.15, 0.2) is 117 Å². The van der Waals surface area contributed by atoms with E-state index in [1.165, 1.54) is 44.3 Å². The number of ketones is 1. The average Bonchev–Trinajstić information content (AvgIpc) is 3.76. The number of hydrogen-bond acceptors (Lipinski definition) is 8. The highest BCUT2D eigenvalue weighted by Crippen LogP contribution is 2.44. The lowest BCUT2D eigenvalue weighted by Crippen LogP contribution is -2.31. The van der Waals surface area contributed by atoms with Crippen LogP contribution in [0.2, 0.25) is 0 Å². The number of para-hydroxylation sites is 1. The maximum Gasteiger partial charge on any atom is 0.296 e. The van der Waals surface area contributed by atoms with Crippen molar-refractivity contribution in [2.45, 2.75) is 29.5 Å². The van der Waals surface area contributed by atoms with Gasteiger partial charge in [-0.15, -0.1) is 10.2 Å². The molecule has 1 unspecified atom stereocenters. The van der Waals surface area contributed by atoms with E-state index in [9.17, 15) is 14.7 Å². The predicted octanol–water partition coefficient (Wildman–Crippen LogP) is 8.08. The lowest BCUT2D eigenvalue weighted by molar-refractivity contribution is -0.117. The number of nitrogens with zero attached hydrogens (tertiary/aromatic N) is 3. The number of aliphatic hydroxyl groups excluding tert-OH is 1. The summed E-state index contributed by atoms with van der Waals surface area (Å²) in [6.07, 6.45) is 0.840. The van der Waals surface area contributed by atoms with E-state index < -0.39 is 23.5 Å². The first kappa shape index (κ1) is 27.1. The second-order valence-corrected chi connectivity index (χ2v) is 12.4. The number of furan rings is 1. The predicted molar refractivity (Wildman–Crippen MR) is 170 cm³/mol. The number of carbonyl (C=O) groups is 2. The molecule has 7 rings (SSSR count). The van der Waals surface area contributed by atoms with Crippen LogP contribution in [-0.4, -0.2) is 27.0 Å². The molecule has 1 atom stereocenters. The highest BCUT2D eigenvalue weighted by atomic mass is 32.2. The molecule has 9 heteroatoms. The number of anilines is 1.